The van der Waals surface area contributed by atoms with Gasteiger partial charge in [-0.15, -0.1) is 0 Å². The minimum Gasteiger partial charge on any atom is -0.465 e. The summed E-state index contributed by atoms with van der Waals surface area (Å²) in [4.78, 5) is 23.5. The first-order valence-electron chi connectivity index (χ1n) is 7.12. The van der Waals surface area contributed by atoms with Gasteiger partial charge in [0.25, 0.3) is 0 Å². The van der Waals surface area contributed by atoms with E-state index in [9.17, 15) is 9.59 Å². The molecule has 0 aliphatic rings. The highest BCUT2D eigenvalue weighted by Gasteiger charge is 2.21. The molecule has 0 bridgehead atoms. The van der Waals surface area contributed by atoms with Gasteiger partial charge in [0, 0.05) is 5.71 Å². The van der Waals surface area contributed by atoms with Gasteiger partial charge < -0.3 is 4.74 Å². The van der Waals surface area contributed by atoms with Crippen LogP contribution in [0.5, 0.6) is 0 Å². The molecule has 0 saturated carbocycles. The Kier molecular flexibility index (Phi) is 7.15. The predicted octanol–water partition coefficient (Wildman–Crippen LogP) is 2.31. The summed E-state index contributed by atoms with van der Waals surface area (Å²) in [7, 11) is 0. The highest BCUT2D eigenvalue weighted by Crippen LogP contribution is 2.08. The second-order valence-electron chi connectivity index (χ2n) is 4.66. The molecule has 1 atom stereocenters. The number of amides is 1. The molecule has 0 fully saturated rings. The molecule has 1 aromatic carbocycles. The lowest BCUT2D eigenvalue weighted by Gasteiger charge is -2.13. The van der Waals surface area contributed by atoms with Crippen LogP contribution < -0.4 is 5.43 Å². The molecular weight excluding hydrogens is 268 g/mol. The molecule has 0 aromatic heterocycles. The summed E-state index contributed by atoms with van der Waals surface area (Å²) in [5, 5.41) is 4.01. The lowest BCUT2D eigenvalue weighted by atomic mass is 10.0. The maximum absolute atomic E-state index is 11.8. The molecule has 5 heteroatoms. The van der Waals surface area contributed by atoms with Crippen molar-refractivity contribution in [3.63, 3.8) is 0 Å². The third kappa shape index (κ3) is 5.77. The Morgan fingerprint density at radius 3 is 2.48 bits per heavy atom. The molecule has 114 valence electrons. The topological polar surface area (TPSA) is 67.8 Å². The van der Waals surface area contributed by atoms with Crippen molar-refractivity contribution in [3.05, 3.63) is 35.9 Å². The Morgan fingerprint density at radius 1 is 1.24 bits per heavy atom. The monoisotopic (exact) mass is 290 g/mol. The number of rotatable bonds is 7. The summed E-state index contributed by atoms with van der Waals surface area (Å²) in [6.07, 6.45) is 0.844. The van der Waals surface area contributed by atoms with Crippen molar-refractivity contribution in [1.29, 1.82) is 0 Å². The normalized spacial score (nSPS) is 12.6. The summed E-state index contributed by atoms with van der Waals surface area (Å²) < 4.78 is 4.99. The highest BCUT2D eigenvalue weighted by atomic mass is 16.5. The maximum Gasteiger partial charge on any atom is 0.314 e. The van der Waals surface area contributed by atoms with Crippen LogP contribution in [0.4, 0.5) is 0 Å². The molecule has 5 nitrogen and oxygen atoms in total. The summed E-state index contributed by atoms with van der Waals surface area (Å²) in [6, 6.07) is 9.41. The number of hydrogen-bond donors (Lipinski definition) is 1. The molecular formula is C16H22N2O3. The number of hydrazone groups is 1. The van der Waals surface area contributed by atoms with E-state index in [0.717, 1.165) is 5.56 Å². The van der Waals surface area contributed by atoms with Crippen LogP contribution in [0.1, 0.15) is 32.8 Å². The first-order chi connectivity index (χ1) is 10.1. The van der Waals surface area contributed by atoms with Crippen molar-refractivity contribution in [2.24, 2.45) is 11.0 Å². The zero-order valence-corrected chi connectivity index (χ0v) is 12.8. The molecule has 0 radical (unpaired) electrons. The molecule has 1 N–H and O–H groups in total. The largest absolute Gasteiger partial charge is 0.465 e. The fourth-order valence-corrected chi connectivity index (χ4v) is 1.92. The summed E-state index contributed by atoms with van der Waals surface area (Å²) in [6.45, 7) is 5.70. The van der Waals surface area contributed by atoms with Gasteiger partial charge in [-0.2, -0.15) is 5.10 Å². The van der Waals surface area contributed by atoms with E-state index in [0.29, 0.717) is 18.7 Å². The fourth-order valence-electron chi connectivity index (χ4n) is 1.92. The quantitative estimate of drug-likeness (QED) is 0.476. The zero-order valence-electron chi connectivity index (χ0n) is 12.8. The van der Waals surface area contributed by atoms with E-state index < -0.39 is 5.92 Å². The first kappa shape index (κ1) is 16.9. The molecule has 0 aliphatic heterocycles. The number of carbonyl (C=O) groups is 2. The second kappa shape index (κ2) is 8.89. The summed E-state index contributed by atoms with van der Waals surface area (Å²) in [5.74, 6) is -0.931. The summed E-state index contributed by atoms with van der Waals surface area (Å²) >= 11 is 0. The van der Waals surface area contributed by atoms with Crippen molar-refractivity contribution in [1.82, 2.24) is 5.43 Å². The fraction of sp³-hybridized carbons (Fsp3) is 0.438. The Bertz CT molecular complexity index is 498. The average molecular weight is 290 g/mol. The minimum atomic E-state index is -0.415. The number of nitrogens with one attached hydrogen (secondary N) is 1. The van der Waals surface area contributed by atoms with Crippen LogP contribution in [-0.2, 0) is 20.7 Å². The van der Waals surface area contributed by atoms with Crippen LogP contribution in [-0.4, -0.2) is 24.2 Å². The zero-order chi connectivity index (χ0) is 15.7. The third-order valence-electron chi connectivity index (χ3n) is 3.05. The minimum absolute atomic E-state index is 0.209. The SMILES string of the molecule is CCOC(=O)[C@@H](CC)/C(C)=N\NC(=O)Cc1ccccc1. The Labute approximate surface area is 125 Å². The van der Waals surface area contributed by atoms with Gasteiger partial charge >= 0.3 is 5.97 Å². The van der Waals surface area contributed by atoms with Crippen LogP contribution >= 0.6 is 0 Å². The van der Waals surface area contributed by atoms with Gasteiger partial charge in [0.15, 0.2) is 0 Å². The van der Waals surface area contributed by atoms with Crippen LogP contribution in [0.25, 0.3) is 0 Å². The predicted molar refractivity (Wildman–Crippen MR) is 81.8 cm³/mol. The maximum atomic E-state index is 11.8. The van der Waals surface area contributed by atoms with Crippen molar-refractivity contribution < 1.29 is 14.3 Å². The third-order valence-corrected chi connectivity index (χ3v) is 3.05. The molecule has 0 spiro atoms. The van der Waals surface area contributed by atoms with Crippen molar-refractivity contribution in [3.8, 4) is 0 Å². The number of esters is 1. The van der Waals surface area contributed by atoms with E-state index >= 15 is 0 Å². The van der Waals surface area contributed by atoms with Gasteiger partial charge in [-0.3, -0.25) is 9.59 Å². The van der Waals surface area contributed by atoms with Gasteiger partial charge in [0.1, 0.15) is 0 Å². The number of carbonyl (C=O) groups excluding carboxylic acids is 2. The second-order valence-corrected chi connectivity index (χ2v) is 4.66. The Balaban J connectivity index is 2.57. The van der Waals surface area contributed by atoms with Crippen LogP contribution in [0.15, 0.2) is 35.4 Å². The standard InChI is InChI=1S/C16H22N2O3/c1-4-14(16(20)21-5-2)12(3)17-18-15(19)11-13-9-7-6-8-10-13/h6-10,14H,4-5,11H2,1-3H3,(H,18,19)/b17-12-/t14-/m0/s1. The molecule has 1 rings (SSSR count). The van der Waals surface area contributed by atoms with E-state index in [-0.39, 0.29) is 18.3 Å². The van der Waals surface area contributed by atoms with E-state index in [2.05, 4.69) is 10.5 Å². The lowest BCUT2D eigenvalue weighted by molar-refractivity contribution is -0.145. The summed E-state index contributed by atoms with van der Waals surface area (Å²) in [5.41, 5.74) is 3.95. The lowest BCUT2D eigenvalue weighted by Crippen LogP contribution is -2.28. The Hall–Kier alpha value is -2.17. The van der Waals surface area contributed by atoms with Crippen molar-refractivity contribution in [2.45, 2.75) is 33.6 Å². The molecule has 0 saturated heterocycles. The van der Waals surface area contributed by atoms with E-state index in [1.54, 1.807) is 13.8 Å². The van der Waals surface area contributed by atoms with E-state index in [4.69, 9.17) is 4.74 Å². The van der Waals surface area contributed by atoms with Crippen molar-refractivity contribution in [2.75, 3.05) is 6.61 Å². The molecule has 0 aliphatic carbocycles. The van der Waals surface area contributed by atoms with Crippen molar-refractivity contribution >= 4 is 17.6 Å². The smallest absolute Gasteiger partial charge is 0.314 e. The number of ether oxygens (including phenoxy) is 1. The van der Waals surface area contributed by atoms with Gasteiger partial charge in [-0.1, -0.05) is 37.3 Å². The first-order valence-corrected chi connectivity index (χ1v) is 7.12. The van der Waals surface area contributed by atoms with E-state index in [1.165, 1.54) is 0 Å². The van der Waals surface area contributed by atoms with Crippen LogP contribution in [0.2, 0.25) is 0 Å². The van der Waals surface area contributed by atoms with Crippen LogP contribution in [0, 0.1) is 5.92 Å². The number of benzene rings is 1. The molecule has 0 unspecified atom stereocenters. The van der Waals surface area contributed by atoms with Gasteiger partial charge in [-0.05, 0) is 25.8 Å². The van der Waals surface area contributed by atoms with Gasteiger partial charge in [-0.25, -0.2) is 5.43 Å². The molecule has 0 heterocycles. The van der Waals surface area contributed by atoms with Gasteiger partial charge in [0.2, 0.25) is 5.91 Å². The number of hydrogen-bond acceptors (Lipinski definition) is 4. The van der Waals surface area contributed by atoms with E-state index in [1.807, 2.05) is 37.3 Å². The van der Waals surface area contributed by atoms with Crippen LogP contribution in [0.3, 0.4) is 0 Å². The Morgan fingerprint density at radius 2 is 1.90 bits per heavy atom. The molecule has 21 heavy (non-hydrogen) atoms. The number of nitrogens with zero attached hydrogens (tertiary/aromatic N) is 1. The molecule has 1 amide bonds. The average Bonchev–Trinajstić information content (AvgIpc) is 2.47. The molecule has 1 aromatic rings. The van der Waals surface area contributed by atoms with Gasteiger partial charge in [0.05, 0.1) is 18.9 Å². The highest BCUT2D eigenvalue weighted by molar-refractivity contribution is 6.01.